The molecule has 0 bridgehead atoms. The third-order valence-electron chi connectivity index (χ3n) is 2.91. The molecule has 2 aromatic rings. The summed E-state index contributed by atoms with van der Waals surface area (Å²) >= 11 is 1.21. The van der Waals surface area contributed by atoms with Gasteiger partial charge in [0, 0.05) is 23.2 Å². The Balaban J connectivity index is 2.50. The number of hydrogen-bond acceptors (Lipinski definition) is 4. The first-order chi connectivity index (χ1) is 9.20. The summed E-state index contributed by atoms with van der Waals surface area (Å²) in [4.78, 5) is 16.2. The number of aromatic carboxylic acids is 1. The minimum atomic E-state index is -0.921. The van der Waals surface area contributed by atoms with Gasteiger partial charge in [0.2, 0.25) is 0 Å². The molecule has 0 saturated heterocycles. The molecule has 2 rings (SSSR count). The minimum absolute atomic E-state index is 0.268. The zero-order valence-electron chi connectivity index (χ0n) is 12.3. The first-order valence-electron chi connectivity index (χ1n) is 6.49. The van der Waals surface area contributed by atoms with Gasteiger partial charge in [0.05, 0.1) is 11.9 Å². The molecule has 6 heteroatoms. The fourth-order valence-corrected chi connectivity index (χ4v) is 2.92. The van der Waals surface area contributed by atoms with Crippen LogP contribution in [-0.2, 0) is 5.41 Å². The molecule has 0 atom stereocenters. The van der Waals surface area contributed by atoms with Gasteiger partial charge in [-0.25, -0.2) is 9.78 Å². The van der Waals surface area contributed by atoms with E-state index < -0.39 is 5.97 Å². The number of nitrogens with zero attached hydrogens (tertiary/aromatic N) is 3. The minimum Gasteiger partial charge on any atom is -0.477 e. The molecule has 0 amide bonds. The number of hydrogen-bond donors (Lipinski definition) is 1. The average molecular weight is 293 g/mol. The lowest BCUT2D eigenvalue weighted by atomic mass is 9.91. The maximum atomic E-state index is 11.4. The molecule has 0 aromatic carbocycles. The Morgan fingerprint density at radius 1 is 1.40 bits per heavy atom. The van der Waals surface area contributed by atoms with Crippen LogP contribution in [0.1, 0.15) is 56.0 Å². The third-order valence-corrected chi connectivity index (χ3v) is 4.00. The molecular formula is C14H19N3O2S. The molecule has 2 heterocycles. The molecule has 0 spiro atoms. The second kappa shape index (κ2) is 5.01. The van der Waals surface area contributed by atoms with E-state index >= 15 is 0 Å². The number of rotatable bonds is 3. The summed E-state index contributed by atoms with van der Waals surface area (Å²) in [6.07, 6.45) is 3.64. The van der Waals surface area contributed by atoms with E-state index in [0.717, 1.165) is 5.56 Å². The smallest absolute Gasteiger partial charge is 0.347 e. The van der Waals surface area contributed by atoms with Gasteiger partial charge in [-0.2, -0.15) is 5.10 Å². The van der Waals surface area contributed by atoms with Crippen LogP contribution in [0.5, 0.6) is 0 Å². The molecular weight excluding hydrogens is 274 g/mol. The van der Waals surface area contributed by atoms with Crippen LogP contribution in [0.15, 0.2) is 12.4 Å². The van der Waals surface area contributed by atoms with Gasteiger partial charge in [0.15, 0.2) is 0 Å². The van der Waals surface area contributed by atoms with Crippen LogP contribution < -0.4 is 0 Å². The van der Waals surface area contributed by atoms with Gasteiger partial charge in [-0.05, 0) is 13.8 Å². The summed E-state index contributed by atoms with van der Waals surface area (Å²) in [5.41, 5.74) is 1.19. The number of aromatic nitrogens is 3. The van der Waals surface area contributed by atoms with Gasteiger partial charge in [0.25, 0.3) is 0 Å². The Hall–Kier alpha value is -1.69. The molecule has 0 unspecified atom stereocenters. The second-order valence-corrected chi connectivity index (χ2v) is 7.05. The van der Waals surface area contributed by atoms with E-state index in [9.17, 15) is 9.90 Å². The number of carbonyl (C=O) groups is 1. The zero-order chi connectivity index (χ0) is 15.1. The topological polar surface area (TPSA) is 68.0 Å². The van der Waals surface area contributed by atoms with Crippen LogP contribution in [0.25, 0.3) is 10.6 Å². The fraction of sp³-hybridized carbons (Fsp3) is 0.500. The monoisotopic (exact) mass is 293 g/mol. The van der Waals surface area contributed by atoms with E-state index in [1.165, 1.54) is 11.3 Å². The van der Waals surface area contributed by atoms with E-state index in [-0.39, 0.29) is 11.5 Å². The van der Waals surface area contributed by atoms with E-state index in [4.69, 9.17) is 0 Å². The average Bonchev–Trinajstić information content (AvgIpc) is 2.94. The van der Waals surface area contributed by atoms with Gasteiger partial charge >= 0.3 is 5.97 Å². The predicted octanol–water partition coefficient (Wildman–Crippen LogP) is 3.58. The van der Waals surface area contributed by atoms with Crippen molar-refractivity contribution in [3.63, 3.8) is 0 Å². The molecule has 0 aliphatic heterocycles. The van der Waals surface area contributed by atoms with E-state index in [1.807, 2.05) is 45.5 Å². The van der Waals surface area contributed by atoms with Gasteiger partial charge in [-0.1, -0.05) is 20.8 Å². The fourth-order valence-electron chi connectivity index (χ4n) is 1.83. The van der Waals surface area contributed by atoms with E-state index in [1.54, 1.807) is 6.20 Å². The molecule has 1 N–H and O–H groups in total. The van der Waals surface area contributed by atoms with Gasteiger partial charge in [-0.3, -0.25) is 4.68 Å². The molecule has 0 saturated carbocycles. The Morgan fingerprint density at radius 2 is 2.05 bits per heavy atom. The maximum Gasteiger partial charge on any atom is 0.347 e. The first kappa shape index (κ1) is 14.7. The van der Waals surface area contributed by atoms with Crippen LogP contribution in [-0.4, -0.2) is 25.8 Å². The van der Waals surface area contributed by atoms with Crippen molar-refractivity contribution in [2.75, 3.05) is 0 Å². The molecule has 108 valence electrons. The van der Waals surface area contributed by atoms with Crippen LogP contribution in [0.4, 0.5) is 0 Å². The van der Waals surface area contributed by atoms with Crippen LogP contribution in [0.2, 0.25) is 0 Å². The van der Waals surface area contributed by atoms with Gasteiger partial charge in [0.1, 0.15) is 9.88 Å². The Morgan fingerprint density at radius 3 is 2.45 bits per heavy atom. The van der Waals surface area contributed by atoms with Gasteiger partial charge < -0.3 is 5.11 Å². The SMILES string of the molecule is CC(C)n1cc(-c2nc(C(C)(C)C)c(C(=O)O)s2)cn1. The highest BCUT2D eigenvalue weighted by Gasteiger charge is 2.27. The van der Waals surface area contributed by atoms with E-state index in [2.05, 4.69) is 10.1 Å². The summed E-state index contributed by atoms with van der Waals surface area (Å²) in [5.74, 6) is -0.921. The highest BCUT2D eigenvalue weighted by Crippen LogP contribution is 2.34. The maximum absolute atomic E-state index is 11.4. The van der Waals surface area contributed by atoms with Crippen molar-refractivity contribution in [3.8, 4) is 10.6 Å². The van der Waals surface area contributed by atoms with Gasteiger partial charge in [-0.15, -0.1) is 11.3 Å². The van der Waals surface area contributed by atoms with Crippen molar-refractivity contribution in [3.05, 3.63) is 23.0 Å². The molecule has 20 heavy (non-hydrogen) atoms. The van der Waals surface area contributed by atoms with Crippen LogP contribution in [0.3, 0.4) is 0 Å². The molecule has 5 nitrogen and oxygen atoms in total. The molecule has 0 aliphatic rings. The summed E-state index contributed by atoms with van der Waals surface area (Å²) in [6.45, 7) is 9.99. The number of carboxylic acids is 1. The Bertz CT molecular complexity index is 635. The third kappa shape index (κ3) is 2.75. The summed E-state index contributed by atoms with van der Waals surface area (Å²) in [5, 5.41) is 14.3. The number of thiazole rings is 1. The van der Waals surface area contributed by atoms with Crippen molar-refractivity contribution >= 4 is 17.3 Å². The highest BCUT2D eigenvalue weighted by atomic mass is 32.1. The summed E-state index contributed by atoms with van der Waals surface area (Å²) in [7, 11) is 0. The Labute approximate surface area is 122 Å². The first-order valence-corrected chi connectivity index (χ1v) is 7.31. The second-order valence-electron chi connectivity index (χ2n) is 6.05. The van der Waals surface area contributed by atoms with Crippen molar-refractivity contribution in [2.24, 2.45) is 0 Å². The van der Waals surface area contributed by atoms with Crippen molar-refractivity contribution in [2.45, 2.75) is 46.1 Å². The standard InChI is InChI=1S/C14H19N3O2S/c1-8(2)17-7-9(6-15-17)12-16-11(14(3,4)5)10(20-12)13(18)19/h6-8H,1-5H3,(H,18,19). The van der Waals surface area contributed by atoms with Crippen molar-refractivity contribution < 1.29 is 9.90 Å². The predicted molar refractivity (Wildman–Crippen MR) is 79.4 cm³/mol. The lowest BCUT2D eigenvalue weighted by Crippen LogP contribution is -2.16. The molecule has 0 radical (unpaired) electrons. The number of carboxylic acid groups (broad SMARTS) is 1. The van der Waals surface area contributed by atoms with Crippen LogP contribution in [0, 0.1) is 0 Å². The van der Waals surface area contributed by atoms with Crippen molar-refractivity contribution in [1.82, 2.24) is 14.8 Å². The normalized spacial score (nSPS) is 12.1. The quantitative estimate of drug-likeness (QED) is 0.939. The zero-order valence-corrected chi connectivity index (χ0v) is 13.2. The van der Waals surface area contributed by atoms with Crippen LogP contribution >= 0.6 is 11.3 Å². The van der Waals surface area contributed by atoms with Crippen molar-refractivity contribution in [1.29, 1.82) is 0 Å². The molecule has 2 aromatic heterocycles. The lowest BCUT2D eigenvalue weighted by molar-refractivity contribution is 0.0699. The van der Waals surface area contributed by atoms with E-state index in [0.29, 0.717) is 15.6 Å². The molecule has 0 fully saturated rings. The summed E-state index contributed by atoms with van der Waals surface area (Å²) < 4.78 is 1.84. The largest absolute Gasteiger partial charge is 0.477 e. The Kier molecular flexibility index (Phi) is 3.69. The lowest BCUT2D eigenvalue weighted by Gasteiger charge is -2.15. The molecule has 0 aliphatic carbocycles. The highest BCUT2D eigenvalue weighted by molar-refractivity contribution is 7.17. The summed E-state index contributed by atoms with van der Waals surface area (Å²) in [6, 6.07) is 0.268.